The first-order chi connectivity index (χ1) is 8.60. The van der Waals surface area contributed by atoms with E-state index in [-0.39, 0.29) is 5.82 Å². The topological polar surface area (TPSA) is 35.8 Å². The fraction of sp³-hybridized carbons (Fsp3) is 0.533. The minimum absolute atomic E-state index is 0.331. The van der Waals surface area contributed by atoms with Crippen molar-refractivity contribution in [2.45, 2.75) is 46.1 Å². The normalized spacial score (nSPS) is 13.7. The molecule has 2 atom stereocenters. The summed E-state index contributed by atoms with van der Waals surface area (Å²) < 4.78 is 13.0. The Bertz CT molecular complexity index is 423. The SMILES string of the molecule is CCC(C)CC(CC)Nc1ccc(F)cc1C#N. The lowest BCUT2D eigenvalue weighted by Crippen LogP contribution is -2.21. The lowest BCUT2D eigenvalue weighted by Gasteiger charge is -2.22. The number of anilines is 1. The molecule has 0 aliphatic heterocycles. The summed E-state index contributed by atoms with van der Waals surface area (Å²) in [7, 11) is 0. The van der Waals surface area contributed by atoms with Gasteiger partial charge < -0.3 is 5.32 Å². The van der Waals surface area contributed by atoms with E-state index in [2.05, 4.69) is 26.1 Å². The first-order valence-electron chi connectivity index (χ1n) is 6.56. The Morgan fingerprint density at radius 2 is 2.06 bits per heavy atom. The van der Waals surface area contributed by atoms with Crippen LogP contribution in [0.25, 0.3) is 0 Å². The van der Waals surface area contributed by atoms with Crippen LogP contribution in [-0.2, 0) is 0 Å². The highest BCUT2D eigenvalue weighted by molar-refractivity contribution is 5.57. The van der Waals surface area contributed by atoms with Crippen LogP contribution in [0.15, 0.2) is 18.2 Å². The van der Waals surface area contributed by atoms with Crippen LogP contribution in [0, 0.1) is 23.1 Å². The quantitative estimate of drug-likeness (QED) is 0.813. The van der Waals surface area contributed by atoms with E-state index in [0.717, 1.165) is 24.9 Å². The van der Waals surface area contributed by atoms with Crippen molar-refractivity contribution in [1.29, 1.82) is 5.26 Å². The molecule has 18 heavy (non-hydrogen) atoms. The van der Waals surface area contributed by atoms with Gasteiger partial charge in [-0.15, -0.1) is 0 Å². The van der Waals surface area contributed by atoms with Gasteiger partial charge in [0.25, 0.3) is 0 Å². The summed E-state index contributed by atoms with van der Waals surface area (Å²) in [5.74, 6) is 0.278. The number of nitriles is 1. The zero-order chi connectivity index (χ0) is 13.5. The van der Waals surface area contributed by atoms with Gasteiger partial charge in [-0.25, -0.2) is 4.39 Å². The van der Waals surface area contributed by atoms with Crippen LogP contribution in [-0.4, -0.2) is 6.04 Å². The van der Waals surface area contributed by atoms with E-state index in [9.17, 15) is 4.39 Å². The number of benzene rings is 1. The zero-order valence-electron chi connectivity index (χ0n) is 11.3. The van der Waals surface area contributed by atoms with E-state index in [1.54, 1.807) is 6.07 Å². The molecule has 1 N–H and O–H groups in total. The van der Waals surface area contributed by atoms with Crippen LogP contribution >= 0.6 is 0 Å². The van der Waals surface area contributed by atoms with Crippen LogP contribution in [0.1, 0.15) is 45.6 Å². The molecule has 1 aromatic carbocycles. The standard InChI is InChI=1S/C15H21FN2/c1-4-11(3)8-14(5-2)18-15-7-6-13(16)9-12(15)10-17/h6-7,9,11,14,18H,4-5,8H2,1-3H3. The van der Waals surface area contributed by atoms with Gasteiger partial charge in [-0.1, -0.05) is 27.2 Å². The van der Waals surface area contributed by atoms with E-state index in [1.165, 1.54) is 12.1 Å². The van der Waals surface area contributed by atoms with Gasteiger partial charge in [-0.05, 0) is 37.0 Å². The number of nitrogens with one attached hydrogen (secondary N) is 1. The maximum absolute atomic E-state index is 13.0. The Morgan fingerprint density at radius 1 is 1.33 bits per heavy atom. The zero-order valence-corrected chi connectivity index (χ0v) is 11.3. The first kappa shape index (κ1) is 14.5. The molecule has 0 fully saturated rings. The second-order valence-corrected chi connectivity index (χ2v) is 4.80. The molecular formula is C15H21FN2. The third-order valence-electron chi connectivity index (χ3n) is 3.34. The maximum atomic E-state index is 13.0. The molecule has 0 radical (unpaired) electrons. The predicted octanol–water partition coefficient (Wildman–Crippen LogP) is 4.32. The first-order valence-corrected chi connectivity index (χ1v) is 6.56. The molecule has 0 amide bonds. The Balaban J connectivity index is 2.79. The Hall–Kier alpha value is -1.56. The van der Waals surface area contributed by atoms with E-state index in [1.807, 2.05) is 6.07 Å². The van der Waals surface area contributed by atoms with E-state index >= 15 is 0 Å². The minimum Gasteiger partial charge on any atom is -0.381 e. The summed E-state index contributed by atoms with van der Waals surface area (Å²) in [6.07, 6.45) is 3.20. The second-order valence-electron chi connectivity index (χ2n) is 4.80. The summed E-state index contributed by atoms with van der Waals surface area (Å²) in [6, 6.07) is 6.67. The second kappa shape index (κ2) is 7.00. The molecule has 0 heterocycles. The van der Waals surface area contributed by atoms with Crippen LogP contribution in [0.5, 0.6) is 0 Å². The largest absolute Gasteiger partial charge is 0.381 e. The maximum Gasteiger partial charge on any atom is 0.124 e. The third-order valence-corrected chi connectivity index (χ3v) is 3.34. The number of hydrogen-bond acceptors (Lipinski definition) is 2. The molecule has 0 aromatic heterocycles. The Kier molecular flexibility index (Phi) is 5.64. The van der Waals surface area contributed by atoms with Gasteiger partial charge in [0.05, 0.1) is 11.3 Å². The highest BCUT2D eigenvalue weighted by Crippen LogP contribution is 2.21. The van der Waals surface area contributed by atoms with Crippen molar-refractivity contribution < 1.29 is 4.39 Å². The molecule has 0 saturated heterocycles. The molecule has 98 valence electrons. The molecule has 2 unspecified atom stereocenters. The number of halogens is 1. The molecule has 0 aliphatic carbocycles. The van der Waals surface area contributed by atoms with E-state index in [0.29, 0.717) is 17.5 Å². The number of hydrogen-bond donors (Lipinski definition) is 1. The van der Waals surface area contributed by atoms with Crippen molar-refractivity contribution in [2.75, 3.05) is 5.32 Å². The van der Waals surface area contributed by atoms with Gasteiger partial charge in [-0.3, -0.25) is 0 Å². The van der Waals surface area contributed by atoms with Gasteiger partial charge in [0, 0.05) is 6.04 Å². The highest BCUT2D eigenvalue weighted by atomic mass is 19.1. The number of rotatable bonds is 6. The smallest absolute Gasteiger partial charge is 0.124 e. The summed E-state index contributed by atoms with van der Waals surface area (Å²) in [5, 5.41) is 12.4. The Morgan fingerprint density at radius 3 is 2.61 bits per heavy atom. The summed E-state index contributed by atoms with van der Waals surface area (Å²) in [5.41, 5.74) is 1.10. The molecule has 0 bridgehead atoms. The lowest BCUT2D eigenvalue weighted by molar-refractivity contribution is 0.461. The van der Waals surface area contributed by atoms with Crippen LogP contribution < -0.4 is 5.32 Å². The van der Waals surface area contributed by atoms with Crippen molar-refractivity contribution in [2.24, 2.45) is 5.92 Å². The van der Waals surface area contributed by atoms with Crippen LogP contribution in [0.3, 0.4) is 0 Å². The monoisotopic (exact) mass is 248 g/mol. The van der Waals surface area contributed by atoms with Crippen molar-refractivity contribution >= 4 is 5.69 Å². The van der Waals surface area contributed by atoms with Crippen molar-refractivity contribution in [3.8, 4) is 6.07 Å². The molecule has 3 heteroatoms. The lowest BCUT2D eigenvalue weighted by atomic mass is 9.97. The molecule has 0 aliphatic rings. The van der Waals surface area contributed by atoms with Crippen molar-refractivity contribution in [3.05, 3.63) is 29.6 Å². The average molecular weight is 248 g/mol. The molecule has 0 spiro atoms. The van der Waals surface area contributed by atoms with E-state index < -0.39 is 0 Å². The fourth-order valence-electron chi connectivity index (χ4n) is 1.93. The molecular weight excluding hydrogens is 227 g/mol. The Labute approximate surface area is 109 Å². The summed E-state index contributed by atoms with van der Waals surface area (Å²) >= 11 is 0. The minimum atomic E-state index is -0.368. The summed E-state index contributed by atoms with van der Waals surface area (Å²) in [4.78, 5) is 0. The number of nitrogens with zero attached hydrogens (tertiary/aromatic N) is 1. The average Bonchev–Trinajstić information content (AvgIpc) is 2.39. The summed E-state index contributed by atoms with van der Waals surface area (Å²) in [6.45, 7) is 6.52. The van der Waals surface area contributed by atoms with Crippen molar-refractivity contribution in [1.82, 2.24) is 0 Å². The third kappa shape index (κ3) is 4.03. The van der Waals surface area contributed by atoms with Gasteiger partial charge in [0.15, 0.2) is 0 Å². The predicted molar refractivity (Wildman–Crippen MR) is 72.9 cm³/mol. The molecule has 0 saturated carbocycles. The van der Waals surface area contributed by atoms with Gasteiger partial charge in [0.1, 0.15) is 11.9 Å². The van der Waals surface area contributed by atoms with Gasteiger partial charge in [-0.2, -0.15) is 5.26 Å². The van der Waals surface area contributed by atoms with Crippen LogP contribution in [0.4, 0.5) is 10.1 Å². The van der Waals surface area contributed by atoms with Gasteiger partial charge >= 0.3 is 0 Å². The van der Waals surface area contributed by atoms with E-state index in [4.69, 9.17) is 5.26 Å². The molecule has 2 nitrogen and oxygen atoms in total. The fourth-order valence-corrected chi connectivity index (χ4v) is 1.93. The van der Waals surface area contributed by atoms with Gasteiger partial charge in [0.2, 0.25) is 0 Å². The van der Waals surface area contributed by atoms with Crippen molar-refractivity contribution in [3.63, 3.8) is 0 Å². The molecule has 1 aromatic rings. The highest BCUT2D eigenvalue weighted by Gasteiger charge is 2.12. The van der Waals surface area contributed by atoms with Crippen LogP contribution in [0.2, 0.25) is 0 Å². The molecule has 1 rings (SSSR count).